The first-order valence-electron chi connectivity index (χ1n) is 9.90. The van der Waals surface area contributed by atoms with Crippen LogP contribution in [0.25, 0.3) is 21.9 Å². The van der Waals surface area contributed by atoms with E-state index in [0.717, 1.165) is 21.9 Å². The largest absolute Gasteiger partial charge is 0.475 e. The van der Waals surface area contributed by atoms with Crippen LogP contribution in [0.3, 0.4) is 0 Å². The van der Waals surface area contributed by atoms with E-state index < -0.39 is 11.9 Å². The molecule has 9 heteroatoms. The minimum Gasteiger partial charge on any atom is -0.475 e. The van der Waals surface area contributed by atoms with Gasteiger partial charge in [0.1, 0.15) is 11.3 Å². The number of carbonyl (C=O) groups is 2. The van der Waals surface area contributed by atoms with Crippen LogP contribution in [-0.2, 0) is 6.54 Å². The number of furan rings is 2. The number of benzene rings is 2. The summed E-state index contributed by atoms with van der Waals surface area (Å²) in [5.74, 6) is -1.08. The zero-order valence-electron chi connectivity index (χ0n) is 17.0. The highest BCUT2D eigenvalue weighted by Crippen LogP contribution is 2.24. The topological polar surface area (TPSA) is 110 Å². The maximum absolute atomic E-state index is 12.4. The lowest BCUT2D eigenvalue weighted by Crippen LogP contribution is -2.16. The van der Waals surface area contributed by atoms with Crippen LogP contribution in [0.5, 0.6) is 0 Å². The smallest absolute Gasteiger partial charge is 0.371 e. The third kappa shape index (κ3) is 4.11. The van der Waals surface area contributed by atoms with Crippen molar-refractivity contribution in [3.05, 3.63) is 94.7 Å². The number of fused-ring (bicyclic) bond motifs is 2. The van der Waals surface area contributed by atoms with E-state index in [9.17, 15) is 9.59 Å². The number of carboxylic acids is 1. The number of hydrogen-bond acceptors (Lipinski definition) is 5. The molecule has 5 rings (SSSR count). The molecule has 0 aliphatic carbocycles. The summed E-state index contributed by atoms with van der Waals surface area (Å²) >= 11 is 5.98. The second-order valence-electron chi connectivity index (χ2n) is 7.29. The molecule has 0 radical (unpaired) electrons. The Morgan fingerprint density at radius 2 is 1.91 bits per heavy atom. The highest BCUT2D eigenvalue weighted by Gasteiger charge is 2.14. The molecular weight excluding hydrogens is 446 g/mol. The van der Waals surface area contributed by atoms with Crippen LogP contribution in [-0.4, -0.2) is 27.8 Å². The summed E-state index contributed by atoms with van der Waals surface area (Å²) < 4.78 is 12.8. The number of aromatic carboxylic acids is 1. The highest BCUT2D eigenvalue weighted by molar-refractivity contribution is 6.31. The molecule has 3 aromatic heterocycles. The van der Waals surface area contributed by atoms with Gasteiger partial charge in [0, 0.05) is 33.1 Å². The van der Waals surface area contributed by atoms with Crippen molar-refractivity contribution in [3.8, 4) is 0 Å². The second kappa shape index (κ2) is 8.33. The maximum Gasteiger partial charge on any atom is 0.371 e. The normalized spacial score (nSPS) is 11.5. The number of halogens is 1. The molecule has 0 aliphatic heterocycles. The van der Waals surface area contributed by atoms with Crippen LogP contribution in [0, 0.1) is 0 Å². The van der Waals surface area contributed by atoms with Gasteiger partial charge < -0.3 is 18.5 Å². The number of hydrogen-bond donors (Lipinski definition) is 2. The Morgan fingerprint density at radius 3 is 2.73 bits per heavy atom. The van der Waals surface area contributed by atoms with Gasteiger partial charge in [0.25, 0.3) is 0 Å². The molecule has 0 aliphatic rings. The Morgan fingerprint density at radius 1 is 1.06 bits per heavy atom. The minimum atomic E-state index is -1.12. The number of aromatic nitrogens is 1. The first-order chi connectivity index (χ1) is 16.0. The SMILES string of the molecule is O=C(O)c1ccc(Cn2cc(/C=N\NC(=O)c3cc4cc(Cl)ccc4o3)c3ccccc32)o1. The number of para-hydroxylation sites is 1. The summed E-state index contributed by atoms with van der Waals surface area (Å²) in [6.45, 7) is 0.343. The molecule has 0 fully saturated rings. The zero-order chi connectivity index (χ0) is 22.9. The number of carbonyl (C=O) groups excluding carboxylic acids is 1. The third-order valence-electron chi connectivity index (χ3n) is 5.09. The van der Waals surface area contributed by atoms with E-state index in [4.69, 9.17) is 25.5 Å². The van der Waals surface area contributed by atoms with Crippen molar-refractivity contribution in [1.82, 2.24) is 9.99 Å². The summed E-state index contributed by atoms with van der Waals surface area (Å²) in [7, 11) is 0. The summed E-state index contributed by atoms with van der Waals surface area (Å²) in [6.07, 6.45) is 3.40. The number of carboxylic acid groups (broad SMARTS) is 1. The molecule has 3 heterocycles. The average Bonchev–Trinajstić information content (AvgIpc) is 3.52. The minimum absolute atomic E-state index is 0.112. The molecule has 0 bridgehead atoms. The fourth-order valence-electron chi connectivity index (χ4n) is 3.60. The zero-order valence-corrected chi connectivity index (χ0v) is 17.7. The van der Waals surface area contributed by atoms with Gasteiger partial charge in [0.15, 0.2) is 5.76 Å². The average molecular weight is 462 g/mol. The van der Waals surface area contributed by atoms with Gasteiger partial charge in [0.2, 0.25) is 5.76 Å². The van der Waals surface area contributed by atoms with E-state index in [1.165, 1.54) is 6.07 Å². The molecule has 0 unspecified atom stereocenters. The van der Waals surface area contributed by atoms with E-state index in [1.807, 2.05) is 35.0 Å². The Kier molecular flexibility index (Phi) is 5.20. The molecule has 0 saturated carbocycles. The lowest BCUT2D eigenvalue weighted by atomic mass is 10.2. The number of amides is 1. The number of rotatable bonds is 6. The molecule has 33 heavy (non-hydrogen) atoms. The van der Waals surface area contributed by atoms with Crippen molar-refractivity contribution in [2.75, 3.05) is 0 Å². The highest BCUT2D eigenvalue weighted by atomic mass is 35.5. The number of hydrazone groups is 1. The van der Waals surface area contributed by atoms with Gasteiger partial charge in [-0.25, -0.2) is 10.2 Å². The van der Waals surface area contributed by atoms with Crippen molar-refractivity contribution in [2.24, 2.45) is 5.10 Å². The molecule has 164 valence electrons. The van der Waals surface area contributed by atoms with Crippen LogP contribution >= 0.6 is 11.6 Å². The Balaban J connectivity index is 1.36. The fourth-order valence-corrected chi connectivity index (χ4v) is 3.78. The van der Waals surface area contributed by atoms with Crippen molar-refractivity contribution < 1.29 is 23.5 Å². The standard InChI is InChI=1S/C24H16ClN3O5/c25-16-5-7-20-14(9-16)10-22(33-20)23(29)27-26-11-15-12-28(19-4-2-1-3-18(15)19)13-17-6-8-21(32-17)24(30)31/h1-12H,13H2,(H,27,29)(H,30,31)/b26-11-. The Hall–Kier alpha value is -4.30. The third-order valence-corrected chi connectivity index (χ3v) is 5.32. The lowest BCUT2D eigenvalue weighted by molar-refractivity contribution is 0.0660. The lowest BCUT2D eigenvalue weighted by Gasteiger charge is -2.02. The number of nitrogens with one attached hydrogen (secondary N) is 1. The monoisotopic (exact) mass is 461 g/mol. The van der Waals surface area contributed by atoms with Gasteiger partial charge in [-0.05, 0) is 42.5 Å². The fraction of sp³-hybridized carbons (Fsp3) is 0.0417. The summed E-state index contributed by atoms with van der Waals surface area (Å²) in [6, 6.07) is 17.4. The van der Waals surface area contributed by atoms with Gasteiger partial charge in [-0.1, -0.05) is 29.8 Å². The molecular formula is C24H16ClN3O5. The molecule has 1 amide bonds. The van der Waals surface area contributed by atoms with Crippen molar-refractivity contribution >= 4 is 51.6 Å². The molecule has 0 atom stereocenters. The summed E-state index contributed by atoms with van der Waals surface area (Å²) in [4.78, 5) is 23.5. The van der Waals surface area contributed by atoms with Gasteiger partial charge in [-0.3, -0.25) is 4.79 Å². The van der Waals surface area contributed by atoms with Crippen LogP contribution in [0.2, 0.25) is 5.02 Å². The number of nitrogens with zero attached hydrogens (tertiary/aromatic N) is 2. The Bertz CT molecular complexity index is 1540. The predicted octanol–water partition coefficient (Wildman–Crippen LogP) is 5.14. The van der Waals surface area contributed by atoms with Crippen molar-refractivity contribution in [1.29, 1.82) is 0 Å². The molecule has 8 nitrogen and oxygen atoms in total. The van der Waals surface area contributed by atoms with Crippen LogP contribution in [0.1, 0.15) is 32.4 Å². The van der Waals surface area contributed by atoms with Crippen molar-refractivity contribution in [3.63, 3.8) is 0 Å². The van der Waals surface area contributed by atoms with Crippen LogP contribution in [0.4, 0.5) is 0 Å². The van der Waals surface area contributed by atoms with Gasteiger partial charge >= 0.3 is 11.9 Å². The van der Waals surface area contributed by atoms with Gasteiger partial charge in [-0.2, -0.15) is 5.10 Å². The molecule has 2 N–H and O–H groups in total. The van der Waals surface area contributed by atoms with Crippen molar-refractivity contribution in [2.45, 2.75) is 6.54 Å². The molecule has 5 aromatic rings. The van der Waals surface area contributed by atoms with Crippen LogP contribution in [0.15, 0.2) is 80.8 Å². The summed E-state index contributed by atoms with van der Waals surface area (Å²) in [5.41, 5.74) is 4.71. The first-order valence-corrected chi connectivity index (χ1v) is 10.3. The van der Waals surface area contributed by atoms with E-state index in [0.29, 0.717) is 22.9 Å². The van der Waals surface area contributed by atoms with E-state index in [2.05, 4.69) is 10.5 Å². The molecule has 0 spiro atoms. The summed E-state index contributed by atoms with van der Waals surface area (Å²) in [5, 5.41) is 15.3. The molecule has 2 aromatic carbocycles. The molecule has 0 saturated heterocycles. The van der Waals surface area contributed by atoms with E-state index in [-0.39, 0.29) is 11.5 Å². The first kappa shape index (κ1) is 20.6. The predicted molar refractivity (Wildman–Crippen MR) is 123 cm³/mol. The van der Waals surface area contributed by atoms with E-state index >= 15 is 0 Å². The van der Waals surface area contributed by atoms with Crippen LogP contribution < -0.4 is 5.43 Å². The maximum atomic E-state index is 12.4. The Labute approximate surface area is 191 Å². The second-order valence-corrected chi connectivity index (χ2v) is 7.73. The van der Waals surface area contributed by atoms with Gasteiger partial charge in [0.05, 0.1) is 12.8 Å². The van der Waals surface area contributed by atoms with Gasteiger partial charge in [-0.15, -0.1) is 0 Å². The quantitative estimate of drug-likeness (QED) is 0.268. The van der Waals surface area contributed by atoms with E-state index in [1.54, 1.807) is 36.5 Å².